The normalized spacial score (nSPS) is 19.9. The molecule has 0 aliphatic carbocycles. The number of nitrogens with zero attached hydrogens (tertiary/aromatic N) is 3. The van der Waals surface area contributed by atoms with Gasteiger partial charge < -0.3 is 15.0 Å². The molecule has 0 amide bonds. The number of hydrogen-bond donors (Lipinski definition) is 1. The number of ether oxygens (including phenoxy) is 1. The van der Waals surface area contributed by atoms with Crippen LogP contribution in [0, 0.1) is 6.92 Å². The van der Waals surface area contributed by atoms with E-state index in [1.807, 2.05) is 6.20 Å². The number of aromatic nitrogens is 2. The molecule has 1 aliphatic heterocycles. The molecular formula is C16H28N4O. The van der Waals surface area contributed by atoms with Crippen LogP contribution >= 0.6 is 0 Å². The Balaban J connectivity index is 2.10. The van der Waals surface area contributed by atoms with Crippen molar-refractivity contribution in [2.24, 2.45) is 0 Å². The van der Waals surface area contributed by atoms with Crippen LogP contribution in [0.3, 0.4) is 0 Å². The summed E-state index contributed by atoms with van der Waals surface area (Å²) in [4.78, 5) is 11.6. The molecule has 5 heteroatoms. The first-order valence-electron chi connectivity index (χ1n) is 7.82. The van der Waals surface area contributed by atoms with Crippen LogP contribution in [0.2, 0.25) is 0 Å². The molecule has 2 heterocycles. The predicted octanol–water partition coefficient (Wildman–Crippen LogP) is 2.29. The summed E-state index contributed by atoms with van der Waals surface area (Å²) < 4.78 is 5.55. The standard InChI is InChI=1S/C16H28N4O/c1-6-14-11-21-8-7-20(14)15-17-9-13(12(2)19-15)10-18-16(3,4)5/h9,14,18H,6-8,10-11H2,1-5H3. The molecule has 0 spiro atoms. The van der Waals surface area contributed by atoms with Crippen molar-refractivity contribution in [3.05, 3.63) is 17.5 Å². The number of aryl methyl sites for hydroxylation is 1. The summed E-state index contributed by atoms with van der Waals surface area (Å²) in [5, 5.41) is 3.48. The van der Waals surface area contributed by atoms with E-state index in [1.165, 1.54) is 0 Å². The topological polar surface area (TPSA) is 50.3 Å². The molecule has 0 radical (unpaired) electrons. The maximum atomic E-state index is 5.55. The quantitative estimate of drug-likeness (QED) is 0.922. The monoisotopic (exact) mass is 292 g/mol. The minimum Gasteiger partial charge on any atom is -0.377 e. The molecule has 1 fully saturated rings. The summed E-state index contributed by atoms with van der Waals surface area (Å²) in [6, 6.07) is 0.386. The van der Waals surface area contributed by atoms with Gasteiger partial charge in [-0.05, 0) is 34.1 Å². The maximum absolute atomic E-state index is 5.55. The van der Waals surface area contributed by atoms with E-state index in [9.17, 15) is 0 Å². The van der Waals surface area contributed by atoms with Crippen molar-refractivity contribution in [1.29, 1.82) is 0 Å². The fourth-order valence-electron chi connectivity index (χ4n) is 2.41. The van der Waals surface area contributed by atoms with Crippen LogP contribution in [0.4, 0.5) is 5.95 Å². The van der Waals surface area contributed by atoms with Gasteiger partial charge in [-0.15, -0.1) is 0 Å². The molecule has 5 nitrogen and oxygen atoms in total. The number of morpholine rings is 1. The molecule has 1 N–H and O–H groups in total. The van der Waals surface area contributed by atoms with Gasteiger partial charge in [0.15, 0.2) is 0 Å². The van der Waals surface area contributed by atoms with Crippen molar-refractivity contribution in [2.75, 3.05) is 24.7 Å². The van der Waals surface area contributed by atoms with Crippen LogP contribution in [-0.4, -0.2) is 41.3 Å². The van der Waals surface area contributed by atoms with Gasteiger partial charge in [0.2, 0.25) is 5.95 Å². The van der Waals surface area contributed by atoms with E-state index in [0.717, 1.165) is 49.9 Å². The van der Waals surface area contributed by atoms with Crippen molar-refractivity contribution in [3.8, 4) is 0 Å². The Labute approximate surface area is 128 Å². The van der Waals surface area contributed by atoms with Gasteiger partial charge in [-0.1, -0.05) is 6.92 Å². The molecule has 118 valence electrons. The van der Waals surface area contributed by atoms with Gasteiger partial charge in [0, 0.05) is 36.1 Å². The van der Waals surface area contributed by atoms with Crippen LogP contribution in [-0.2, 0) is 11.3 Å². The van der Waals surface area contributed by atoms with Crippen molar-refractivity contribution < 1.29 is 4.74 Å². The Hall–Kier alpha value is -1.20. The average Bonchev–Trinajstić information content (AvgIpc) is 2.45. The molecule has 1 unspecified atom stereocenters. The Morgan fingerprint density at radius 2 is 2.19 bits per heavy atom. The number of nitrogens with one attached hydrogen (secondary N) is 1. The average molecular weight is 292 g/mol. The molecule has 1 atom stereocenters. The fraction of sp³-hybridized carbons (Fsp3) is 0.750. The highest BCUT2D eigenvalue weighted by Gasteiger charge is 2.24. The summed E-state index contributed by atoms with van der Waals surface area (Å²) in [5.41, 5.74) is 2.32. The maximum Gasteiger partial charge on any atom is 0.225 e. The SMILES string of the molecule is CCC1COCCN1c1ncc(CNC(C)(C)C)c(C)n1. The third-order valence-electron chi connectivity index (χ3n) is 3.83. The second-order valence-corrected chi connectivity index (χ2v) is 6.71. The summed E-state index contributed by atoms with van der Waals surface area (Å²) in [7, 11) is 0. The van der Waals surface area contributed by atoms with E-state index in [1.54, 1.807) is 0 Å². The Bertz CT molecular complexity index is 470. The summed E-state index contributed by atoms with van der Waals surface area (Å²) in [5.74, 6) is 0.835. The summed E-state index contributed by atoms with van der Waals surface area (Å²) >= 11 is 0. The smallest absolute Gasteiger partial charge is 0.225 e. The van der Waals surface area contributed by atoms with Crippen molar-refractivity contribution >= 4 is 5.95 Å². The molecule has 1 aliphatic rings. The summed E-state index contributed by atoms with van der Waals surface area (Å²) in [6.45, 7) is 13.9. The van der Waals surface area contributed by atoms with Crippen molar-refractivity contribution in [3.63, 3.8) is 0 Å². The van der Waals surface area contributed by atoms with Gasteiger partial charge in [-0.2, -0.15) is 0 Å². The zero-order valence-electron chi connectivity index (χ0n) is 13.9. The van der Waals surface area contributed by atoms with Crippen LogP contribution < -0.4 is 10.2 Å². The molecule has 1 saturated heterocycles. The first-order valence-corrected chi connectivity index (χ1v) is 7.82. The fourth-order valence-corrected chi connectivity index (χ4v) is 2.41. The van der Waals surface area contributed by atoms with Crippen LogP contribution in [0.15, 0.2) is 6.20 Å². The van der Waals surface area contributed by atoms with E-state index >= 15 is 0 Å². The number of anilines is 1. The van der Waals surface area contributed by atoms with Gasteiger partial charge in [-0.25, -0.2) is 9.97 Å². The highest BCUT2D eigenvalue weighted by atomic mass is 16.5. The Kier molecular flexibility index (Phi) is 5.17. The lowest BCUT2D eigenvalue weighted by molar-refractivity contribution is 0.0921. The van der Waals surface area contributed by atoms with Gasteiger partial charge in [0.1, 0.15) is 0 Å². The van der Waals surface area contributed by atoms with Crippen LogP contribution in [0.25, 0.3) is 0 Å². The molecule has 0 bridgehead atoms. The zero-order chi connectivity index (χ0) is 15.5. The first kappa shape index (κ1) is 16.2. The second kappa shape index (κ2) is 6.71. The molecule has 0 aromatic carbocycles. The van der Waals surface area contributed by atoms with Crippen LogP contribution in [0.1, 0.15) is 45.4 Å². The third kappa shape index (κ3) is 4.38. The molecule has 0 saturated carbocycles. The first-order chi connectivity index (χ1) is 9.90. The second-order valence-electron chi connectivity index (χ2n) is 6.71. The van der Waals surface area contributed by atoms with Gasteiger partial charge in [-0.3, -0.25) is 0 Å². The van der Waals surface area contributed by atoms with Crippen LogP contribution in [0.5, 0.6) is 0 Å². The van der Waals surface area contributed by atoms with Gasteiger partial charge in [0.25, 0.3) is 0 Å². The molecule has 2 rings (SSSR count). The lowest BCUT2D eigenvalue weighted by Gasteiger charge is -2.35. The minimum atomic E-state index is 0.0998. The van der Waals surface area contributed by atoms with E-state index in [2.05, 4.69) is 49.8 Å². The van der Waals surface area contributed by atoms with E-state index < -0.39 is 0 Å². The van der Waals surface area contributed by atoms with E-state index in [4.69, 9.17) is 9.72 Å². The van der Waals surface area contributed by atoms with Gasteiger partial charge in [0.05, 0.1) is 19.3 Å². The molecule has 1 aromatic heterocycles. The molecule has 1 aromatic rings. The molecule has 21 heavy (non-hydrogen) atoms. The highest BCUT2D eigenvalue weighted by Crippen LogP contribution is 2.18. The lowest BCUT2D eigenvalue weighted by Crippen LogP contribution is -2.46. The predicted molar refractivity (Wildman–Crippen MR) is 85.6 cm³/mol. The number of rotatable bonds is 4. The minimum absolute atomic E-state index is 0.0998. The highest BCUT2D eigenvalue weighted by molar-refractivity contribution is 5.35. The lowest BCUT2D eigenvalue weighted by atomic mass is 10.1. The third-order valence-corrected chi connectivity index (χ3v) is 3.83. The van der Waals surface area contributed by atoms with Crippen molar-refractivity contribution in [1.82, 2.24) is 15.3 Å². The van der Waals surface area contributed by atoms with E-state index in [0.29, 0.717) is 6.04 Å². The largest absolute Gasteiger partial charge is 0.377 e. The summed E-state index contributed by atoms with van der Waals surface area (Å²) in [6.07, 6.45) is 3.01. The number of hydrogen-bond acceptors (Lipinski definition) is 5. The van der Waals surface area contributed by atoms with Crippen molar-refractivity contribution in [2.45, 2.75) is 59.2 Å². The molecular weight excluding hydrogens is 264 g/mol. The van der Waals surface area contributed by atoms with E-state index in [-0.39, 0.29) is 5.54 Å². The zero-order valence-corrected chi connectivity index (χ0v) is 13.9. The van der Waals surface area contributed by atoms with Gasteiger partial charge >= 0.3 is 0 Å². The Morgan fingerprint density at radius 1 is 1.43 bits per heavy atom. The Morgan fingerprint density at radius 3 is 2.81 bits per heavy atom.